The smallest absolute Gasteiger partial charge is 0.247 e. The first-order valence-electron chi connectivity index (χ1n) is 20.3. The Morgan fingerprint density at radius 2 is 1.00 bits per heavy atom. The van der Waals surface area contributed by atoms with Crippen LogP contribution >= 0.6 is 0 Å². The molecule has 1 N–H and O–H groups in total. The largest absolute Gasteiger partial charge is 0.258 e. The number of hydrogen-bond acceptors (Lipinski definition) is 0. The first-order valence-corrected chi connectivity index (χ1v) is 20.3. The van der Waals surface area contributed by atoms with E-state index in [1.807, 2.05) is 0 Å². The number of unbranched alkanes of at least 4 members (excludes halogenated alkanes) is 20. The summed E-state index contributed by atoms with van der Waals surface area (Å²) in [6.07, 6.45) is 37.5. The molecule has 0 bridgehead atoms. The van der Waals surface area contributed by atoms with Crippen molar-refractivity contribution in [3.8, 4) is 0 Å². The number of aromatic amines is 1. The maximum atomic E-state index is 3.80. The van der Waals surface area contributed by atoms with E-state index in [1.165, 1.54) is 165 Å². The van der Waals surface area contributed by atoms with Crippen molar-refractivity contribution in [1.29, 1.82) is 0 Å². The van der Waals surface area contributed by atoms with Gasteiger partial charge in [0.2, 0.25) is 0 Å². The van der Waals surface area contributed by atoms with Crippen molar-refractivity contribution in [1.82, 2.24) is 4.98 Å². The van der Waals surface area contributed by atoms with Crippen LogP contribution in [0.5, 0.6) is 0 Å². The Labute approximate surface area is 291 Å². The highest BCUT2D eigenvalue weighted by atomic mass is 15.1. The van der Waals surface area contributed by atoms with Crippen LogP contribution in [0.1, 0.15) is 191 Å². The van der Waals surface area contributed by atoms with Gasteiger partial charge >= 0.3 is 0 Å². The highest BCUT2D eigenvalue weighted by molar-refractivity contribution is 5.32. The van der Waals surface area contributed by atoms with Crippen LogP contribution in [0.25, 0.3) is 0 Å². The third-order valence-corrected chi connectivity index (χ3v) is 10.8. The topological polar surface area (TPSA) is 19.7 Å². The molecule has 262 valence electrons. The van der Waals surface area contributed by atoms with Gasteiger partial charge in [-0.05, 0) is 36.8 Å². The minimum Gasteiger partial charge on any atom is -0.247 e. The van der Waals surface area contributed by atoms with Gasteiger partial charge in [-0.25, -0.2) is 9.55 Å². The molecule has 2 atom stereocenters. The fourth-order valence-corrected chi connectivity index (χ4v) is 7.85. The van der Waals surface area contributed by atoms with E-state index in [4.69, 9.17) is 0 Å². The number of rotatable bonds is 29. The van der Waals surface area contributed by atoms with E-state index in [-0.39, 0.29) is 5.41 Å². The average Bonchev–Trinajstić information content (AvgIpc) is 3.56. The molecule has 0 saturated carbocycles. The zero-order valence-electron chi connectivity index (χ0n) is 31.1. The standard InChI is InChI=1S/C45H72N2/c1-4-6-8-10-12-13-14-15-16-17-18-19-20-22-30-36-43(44-46-37-39-47(44)38-31-23-21-11-9-7-5-2)45(3,42-34-28-25-29-35-42)40-41-32-26-24-27-33-41/h24-29,32-35,37,39,43H,4-23,30-31,36,38,40H2,1-3H3/p+1. The van der Waals surface area contributed by atoms with Gasteiger partial charge in [0, 0.05) is 5.41 Å². The molecule has 3 aromatic rings. The summed E-state index contributed by atoms with van der Waals surface area (Å²) in [5.74, 6) is 1.87. The van der Waals surface area contributed by atoms with Gasteiger partial charge in [0.25, 0.3) is 5.82 Å². The summed E-state index contributed by atoms with van der Waals surface area (Å²) in [4.78, 5) is 3.80. The predicted molar refractivity (Wildman–Crippen MR) is 205 cm³/mol. The molecule has 1 aromatic heterocycles. The van der Waals surface area contributed by atoms with Crippen LogP contribution in [0.3, 0.4) is 0 Å². The molecule has 47 heavy (non-hydrogen) atoms. The lowest BCUT2D eigenvalue weighted by Crippen LogP contribution is -2.43. The highest BCUT2D eigenvalue weighted by Gasteiger charge is 2.41. The SMILES string of the molecule is CCCCCCCCCCCCCCCCCC(c1[nH]cc[n+]1CCCCCCCCC)C(C)(Cc1ccccc1)c1ccccc1. The maximum Gasteiger partial charge on any atom is 0.258 e. The van der Waals surface area contributed by atoms with E-state index in [0.717, 1.165) is 13.0 Å². The number of aromatic nitrogens is 2. The molecule has 1 heterocycles. The number of nitrogens with zero attached hydrogens (tertiary/aromatic N) is 1. The van der Waals surface area contributed by atoms with Crippen molar-refractivity contribution >= 4 is 0 Å². The first-order chi connectivity index (χ1) is 23.2. The van der Waals surface area contributed by atoms with Gasteiger partial charge in [-0.15, -0.1) is 0 Å². The van der Waals surface area contributed by atoms with Crippen molar-refractivity contribution in [2.45, 2.75) is 193 Å². The van der Waals surface area contributed by atoms with E-state index >= 15 is 0 Å². The monoisotopic (exact) mass is 642 g/mol. The van der Waals surface area contributed by atoms with E-state index in [2.05, 4.69) is 103 Å². The van der Waals surface area contributed by atoms with Gasteiger partial charge < -0.3 is 0 Å². The van der Waals surface area contributed by atoms with E-state index in [0.29, 0.717) is 5.92 Å². The second-order valence-corrected chi connectivity index (χ2v) is 14.9. The molecule has 2 aromatic carbocycles. The fourth-order valence-electron chi connectivity index (χ4n) is 7.85. The summed E-state index contributed by atoms with van der Waals surface area (Å²) in [7, 11) is 0. The van der Waals surface area contributed by atoms with Crippen LogP contribution in [-0.4, -0.2) is 4.98 Å². The molecule has 0 saturated heterocycles. The van der Waals surface area contributed by atoms with Crippen LogP contribution < -0.4 is 4.57 Å². The number of nitrogens with one attached hydrogen (secondary N) is 1. The molecule has 0 aliphatic carbocycles. The van der Waals surface area contributed by atoms with E-state index < -0.39 is 0 Å². The van der Waals surface area contributed by atoms with Gasteiger partial charge in [0.05, 0.1) is 12.5 Å². The minimum absolute atomic E-state index is 0.00533. The molecule has 2 nitrogen and oxygen atoms in total. The number of H-pyrrole nitrogens is 1. The summed E-state index contributed by atoms with van der Waals surface area (Å²) in [6, 6.07) is 22.6. The molecular weight excluding hydrogens is 569 g/mol. The summed E-state index contributed by atoms with van der Waals surface area (Å²) < 4.78 is 2.58. The predicted octanol–water partition coefficient (Wildman–Crippen LogP) is 13.6. The molecular formula is C45H73N2+. The van der Waals surface area contributed by atoms with Gasteiger partial charge in [0.1, 0.15) is 12.4 Å². The Morgan fingerprint density at radius 1 is 0.553 bits per heavy atom. The zero-order chi connectivity index (χ0) is 33.3. The first kappa shape index (κ1) is 39.1. The number of hydrogen-bond donors (Lipinski definition) is 1. The molecule has 0 amide bonds. The summed E-state index contributed by atoms with van der Waals surface area (Å²) in [5, 5.41) is 0. The van der Waals surface area contributed by atoms with E-state index in [1.54, 1.807) is 0 Å². The lowest BCUT2D eigenvalue weighted by Gasteiger charge is -2.37. The molecule has 0 spiro atoms. The van der Waals surface area contributed by atoms with Crippen LogP contribution in [0, 0.1) is 0 Å². The summed E-state index contributed by atoms with van der Waals surface area (Å²) >= 11 is 0. The number of imidazole rings is 1. The van der Waals surface area contributed by atoms with Crippen LogP contribution in [0.4, 0.5) is 0 Å². The Balaban J connectivity index is 1.57. The van der Waals surface area contributed by atoms with Crippen molar-refractivity contribution in [2.24, 2.45) is 0 Å². The molecule has 0 radical (unpaired) electrons. The summed E-state index contributed by atoms with van der Waals surface area (Å²) in [6.45, 7) is 8.28. The molecule has 0 aliphatic heterocycles. The van der Waals surface area contributed by atoms with Gasteiger partial charge in [-0.2, -0.15) is 0 Å². The summed E-state index contributed by atoms with van der Waals surface area (Å²) in [5.41, 5.74) is 2.91. The molecule has 0 aliphatic rings. The lowest BCUT2D eigenvalue weighted by molar-refractivity contribution is -0.705. The Hall–Kier alpha value is -2.35. The number of aryl methyl sites for hydroxylation is 1. The van der Waals surface area contributed by atoms with Gasteiger partial charge in [-0.3, -0.25) is 0 Å². The average molecular weight is 642 g/mol. The minimum atomic E-state index is 0.00533. The third kappa shape index (κ3) is 15.2. The second-order valence-electron chi connectivity index (χ2n) is 14.9. The Morgan fingerprint density at radius 3 is 1.51 bits per heavy atom. The van der Waals surface area contributed by atoms with Crippen LogP contribution in [-0.2, 0) is 18.4 Å². The normalized spacial score (nSPS) is 13.5. The molecule has 0 fully saturated rings. The number of benzene rings is 2. The van der Waals surface area contributed by atoms with Crippen molar-refractivity contribution in [3.05, 3.63) is 90.0 Å². The quantitative estimate of drug-likeness (QED) is 0.0575. The molecule has 2 unspecified atom stereocenters. The molecule has 2 heteroatoms. The van der Waals surface area contributed by atoms with Crippen LogP contribution in [0.2, 0.25) is 0 Å². The molecule has 3 rings (SSSR count). The zero-order valence-corrected chi connectivity index (χ0v) is 31.1. The lowest BCUT2D eigenvalue weighted by atomic mass is 9.66. The van der Waals surface area contributed by atoms with Crippen molar-refractivity contribution in [2.75, 3.05) is 0 Å². The second kappa shape index (κ2) is 24.7. The Bertz CT molecular complexity index is 1120. The van der Waals surface area contributed by atoms with Crippen molar-refractivity contribution < 1.29 is 4.57 Å². The van der Waals surface area contributed by atoms with E-state index in [9.17, 15) is 0 Å². The van der Waals surface area contributed by atoms with Crippen LogP contribution in [0.15, 0.2) is 73.1 Å². The van der Waals surface area contributed by atoms with Gasteiger partial charge in [0.15, 0.2) is 0 Å². The van der Waals surface area contributed by atoms with Gasteiger partial charge in [-0.1, -0.05) is 210 Å². The maximum absolute atomic E-state index is 3.80. The third-order valence-electron chi connectivity index (χ3n) is 10.8. The highest BCUT2D eigenvalue weighted by Crippen LogP contribution is 2.43. The Kier molecular flexibility index (Phi) is 20.6. The fraction of sp³-hybridized carbons (Fsp3) is 0.667. The van der Waals surface area contributed by atoms with Crippen molar-refractivity contribution in [3.63, 3.8) is 0 Å².